The molecular formula is C26H30. The molecule has 3 aromatic carbocycles. The first-order valence-electron chi connectivity index (χ1n) is 9.48. The predicted molar refractivity (Wildman–Crippen MR) is 115 cm³/mol. The Labute approximate surface area is 158 Å². The molecule has 0 heteroatoms. The molecule has 0 aliphatic rings. The van der Waals surface area contributed by atoms with Crippen LogP contribution in [0, 0.1) is 0 Å². The maximum Gasteiger partial charge on any atom is -0.00995 e. The van der Waals surface area contributed by atoms with Crippen LogP contribution >= 0.6 is 0 Å². The molecule has 0 aliphatic heterocycles. The summed E-state index contributed by atoms with van der Waals surface area (Å²) in [6.07, 6.45) is 0. The summed E-state index contributed by atoms with van der Waals surface area (Å²) in [6.45, 7) is 13.9. The average molecular weight is 343 g/mol. The van der Waals surface area contributed by atoms with Gasteiger partial charge in [0.1, 0.15) is 0 Å². The SMILES string of the molecule is CC(C)(C)c1cccc(C(C)(C)C)c1-c1ccccc1-c1ccccc1. The monoisotopic (exact) mass is 342 g/mol. The highest BCUT2D eigenvalue weighted by Crippen LogP contribution is 2.43. The molecule has 0 aliphatic carbocycles. The van der Waals surface area contributed by atoms with E-state index in [2.05, 4.69) is 114 Å². The third kappa shape index (κ3) is 3.60. The van der Waals surface area contributed by atoms with Gasteiger partial charge in [0.05, 0.1) is 0 Å². The molecule has 0 aromatic heterocycles. The van der Waals surface area contributed by atoms with Crippen LogP contribution in [-0.4, -0.2) is 0 Å². The second kappa shape index (κ2) is 6.76. The fraction of sp³-hybridized carbons (Fsp3) is 0.308. The van der Waals surface area contributed by atoms with Crippen LogP contribution in [0.3, 0.4) is 0 Å². The minimum atomic E-state index is 0.0837. The van der Waals surface area contributed by atoms with E-state index in [1.807, 2.05) is 0 Å². The fourth-order valence-corrected chi connectivity index (χ4v) is 3.66. The summed E-state index contributed by atoms with van der Waals surface area (Å²) in [5, 5.41) is 0. The summed E-state index contributed by atoms with van der Waals surface area (Å²) in [5.74, 6) is 0. The molecule has 0 saturated carbocycles. The Balaban J connectivity index is 2.38. The second-order valence-electron chi connectivity index (χ2n) is 9.14. The van der Waals surface area contributed by atoms with Crippen molar-refractivity contribution in [2.45, 2.75) is 52.4 Å². The zero-order valence-corrected chi connectivity index (χ0v) is 16.9. The van der Waals surface area contributed by atoms with Gasteiger partial charge in [-0.15, -0.1) is 0 Å². The van der Waals surface area contributed by atoms with Crippen molar-refractivity contribution in [2.75, 3.05) is 0 Å². The lowest BCUT2D eigenvalue weighted by Gasteiger charge is -2.31. The number of benzene rings is 3. The summed E-state index contributed by atoms with van der Waals surface area (Å²) < 4.78 is 0. The maximum absolute atomic E-state index is 2.31. The van der Waals surface area contributed by atoms with E-state index in [1.165, 1.54) is 33.4 Å². The second-order valence-corrected chi connectivity index (χ2v) is 9.14. The van der Waals surface area contributed by atoms with Crippen LogP contribution in [0.15, 0.2) is 72.8 Å². The van der Waals surface area contributed by atoms with Gasteiger partial charge in [-0.2, -0.15) is 0 Å². The molecule has 3 rings (SSSR count). The van der Waals surface area contributed by atoms with Gasteiger partial charge >= 0.3 is 0 Å². The fourth-order valence-electron chi connectivity index (χ4n) is 3.66. The van der Waals surface area contributed by atoms with Crippen molar-refractivity contribution in [3.63, 3.8) is 0 Å². The highest BCUT2D eigenvalue weighted by molar-refractivity contribution is 5.87. The zero-order chi connectivity index (χ0) is 18.9. The molecule has 0 bridgehead atoms. The molecule has 0 nitrogen and oxygen atoms in total. The molecule has 134 valence electrons. The van der Waals surface area contributed by atoms with Crippen LogP contribution in [-0.2, 0) is 10.8 Å². The highest BCUT2D eigenvalue weighted by atomic mass is 14.3. The quantitative estimate of drug-likeness (QED) is 0.449. The largest absolute Gasteiger partial charge is 0.0622 e. The summed E-state index contributed by atoms with van der Waals surface area (Å²) in [6, 6.07) is 26.4. The van der Waals surface area contributed by atoms with Gasteiger partial charge in [0.25, 0.3) is 0 Å². The Morgan fingerprint density at radius 2 is 0.923 bits per heavy atom. The Morgan fingerprint density at radius 1 is 0.462 bits per heavy atom. The third-order valence-electron chi connectivity index (χ3n) is 4.96. The van der Waals surface area contributed by atoms with Crippen molar-refractivity contribution < 1.29 is 0 Å². The molecular weight excluding hydrogens is 312 g/mol. The van der Waals surface area contributed by atoms with Crippen LogP contribution in [0.4, 0.5) is 0 Å². The topological polar surface area (TPSA) is 0 Å². The van der Waals surface area contributed by atoms with Gasteiger partial charge in [0.2, 0.25) is 0 Å². The van der Waals surface area contributed by atoms with E-state index in [4.69, 9.17) is 0 Å². The van der Waals surface area contributed by atoms with Gasteiger partial charge in [-0.3, -0.25) is 0 Å². The normalized spacial score (nSPS) is 12.2. The van der Waals surface area contributed by atoms with Gasteiger partial charge in [-0.05, 0) is 44.2 Å². The van der Waals surface area contributed by atoms with Gasteiger partial charge in [0.15, 0.2) is 0 Å². The predicted octanol–water partition coefficient (Wildman–Crippen LogP) is 7.62. The van der Waals surface area contributed by atoms with E-state index >= 15 is 0 Å². The number of hydrogen-bond acceptors (Lipinski definition) is 0. The van der Waals surface area contributed by atoms with Crippen molar-refractivity contribution in [2.24, 2.45) is 0 Å². The van der Waals surface area contributed by atoms with Crippen LogP contribution in [0.25, 0.3) is 22.3 Å². The molecule has 0 saturated heterocycles. The first kappa shape index (κ1) is 18.5. The number of hydrogen-bond donors (Lipinski definition) is 0. The van der Waals surface area contributed by atoms with Crippen molar-refractivity contribution in [1.29, 1.82) is 0 Å². The van der Waals surface area contributed by atoms with E-state index in [-0.39, 0.29) is 10.8 Å². The molecule has 0 unspecified atom stereocenters. The first-order chi connectivity index (χ1) is 12.2. The van der Waals surface area contributed by atoms with Crippen LogP contribution in [0.1, 0.15) is 52.7 Å². The van der Waals surface area contributed by atoms with E-state index in [0.717, 1.165) is 0 Å². The smallest absolute Gasteiger partial charge is 0.00995 e. The maximum atomic E-state index is 2.31. The standard InChI is InChI=1S/C26H30/c1-25(2,3)22-17-12-18-23(26(4,5)6)24(22)21-16-11-10-15-20(21)19-13-8-7-9-14-19/h7-18H,1-6H3. The van der Waals surface area contributed by atoms with Crippen molar-refractivity contribution in [3.05, 3.63) is 83.9 Å². The summed E-state index contributed by atoms with van der Waals surface area (Å²) in [5.41, 5.74) is 8.28. The number of rotatable bonds is 2. The van der Waals surface area contributed by atoms with Gasteiger partial charge in [-0.1, -0.05) is 114 Å². The van der Waals surface area contributed by atoms with Crippen LogP contribution < -0.4 is 0 Å². The molecule has 0 atom stereocenters. The average Bonchev–Trinajstić information content (AvgIpc) is 2.60. The molecule has 3 aromatic rings. The molecule has 0 amide bonds. The lowest BCUT2D eigenvalue weighted by molar-refractivity contribution is 0.572. The minimum absolute atomic E-state index is 0.0837. The van der Waals surface area contributed by atoms with Crippen molar-refractivity contribution >= 4 is 0 Å². The molecule has 0 heterocycles. The molecule has 0 spiro atoms. The highest BCUT2D eigenvalue weighted by Gasteiger charge is 2.27. The molecule has 26 heavy (non-hydrogen) atoms. The Kier molecular flexibility index (Phi) is 4.80. The first-order valence-corrected chi connectivity index (χ1v) is 9.48. The summed E-state index contributed by atoms with van der Waals surface area (Å²) in [4.78, 5) is 0. The summed E-state index contributed by atoms with van der Waals surface area (Å²) >= 11 is 0. The third-order valence-corrected chi connectivity index (χ3v) is 4.96. The van der Waals surface area contributed by atoms with E-state index in [9.17, 15) is 0 Å². The van der Waals surface area contributed by atoms with E-state index < -0.39 is 0 Å². The van der Waals surface area contributed by atoms with Crippen molar-refractivity contribution in [1.82, 2.24) is 0 Å². The van der Waals surface area contributed by atoms with Gasteiger partial charge in [-0.25, -0.2) is 0 Å². The lowest BCUT2D eigenvalue weighted by atomic mass is 9.73. The van der Waals surface area contributed by atoms with E-state index in [0.29, 0.717) is 0 Å². The van der Waals surface area contributed by atoms with Crippen LogP contribution in [0.5, 0.6) is 0 Å². The van der Waals surface area contributed by atoms with Crippen LogP contribution in [0.2, 0.25) is 0 Å². The molecule has 0 fully saturated rings. The zero-order valence-electron chi connectivity index (χ0n) is 16.9. The Morgan fingerprint density at radius 3 is 1.42 bits per heavy atom. The molecule has 0 N–H and O–H groups in total. The molecule has 0 radical (unpaired) electrons. The van der Waals surface area contributed by atoms with Crippen molar-refractivity contribution in [3.8, 4) is 22.3 Å². The van der Waals surface area contributed by atoms with Gasteiger partial charge < -0.3 is 0 Å². The van der Waals surface area contributed by atoms with E-state index in [1.54, 1.807) is 0 Å². The lowest BCUT2D eigenvalue weighted by Crippen LogP contribution is -2.19. The minimum Gasteiger partial charge on any atom is -0.0622 e. The van der Waals surface area contributed by atoms with Gasteiger partial charge in [0, 0.05) is 0 Å². The Bertz CT molecular complexity index is 855. The summed E-state index contributed by atoms with van der Waals surface area (Å²) in [7, 11) is 0. The Hall–Kier alpha value is -2.34.